The monoisotopic (exact) mass is 222 g/mol. The van der Waals surface area contributed by atoms with E-state index in [2.05, 4.69) is 31.0 Å². The predicted octanol–water partition coefficient (Wildman–Crippen LogP) is 1.78. The van der Waals surface area contributed by atoms with Crippen LogP contribution in [0.15, 0.2) is 18.2 Å². The van der Waals surface area contributed by atoms with Crippen LogP contribution in [0.3, 0.4) is 0 Å². The molecule has 0 saturated carbocycles. The van der Waals surface area contributed by atoms with E-state index >= 15 is 0 Å². The van der Waals surface area contributed by atoms with Crippen molar-refractivity contribution in [1.29, 1.82) is 0 Å². The van der Waals surface area contributed by atoms with E-state index in [-0.39, 0.29) is 6.04 Å². The maximum Gasteiger partial charge on any atom is 0.123 e. The summed E-state index contributed by atoms with van der Waals surface area (Å²) in [6, 6.07) is 6.44. The number of nitrogens with two attached hydrogens (primary N) is 1. The SMILES string of the molecule is COc1ccc(C)cc1CN(C)CC(C)N. The van der Waals surface area contributed by atoms with E-state index in [1.807, 2.05) is 13.0 Å². The van der Waals surface area contributed by atoms with E-state index in [0.29, 0.717) is 0 Å². The minimum atomic E-state index is 0.195. The first-order valence-corrected chi connectivity index (χ1v) is 5.60. The van der Waals surface area contributed by atoms with Crippen molar-refractivity contribution in [1.82, 2.24) is 4.90 Å². The highest BCUT2D eigenvalue weighted by Gasteiger charge is 2.07. The van der Waals surface area contributed by atoms with Crippen LogP contribution in [-0.4, -0.2) is 31.6 Å². The number of rotatable bonds is 5. The van der Waals surface area contributed by atoms with E-state index < -0.39 is 0 Å². The van der Waals surface area contributed by atoms with Crippen LogP contribution in [0.1, 0.15) is 18.1 Å². The summed E-state index contributed by atoms with van der Waals surface area (Å²) in [4.78, 5) is 2.21. The molecule has 0 aliphatic rings. The molecule has 1 aromatic carbocycles. The molecule has 0 heterocycles. The summed E-state index contributed by atoms with van der Waals surface area (Å²) in [5, 5.41) is 0. The van der Waals surface area contributed by atoms with Crippen molar-refractivity contribution in [3.8, 4) is 5.75 Å². The van der Waals surface area contributed by atoms with Crippen LogP contribution in [0.2, 0.25) is 0 Å². The zero-order valence-corrected chi connectivity index (χ0v) is 10.7. The highest BCUT2D eigenvalue weighted by molar-refractivity contribution is 5.36. The third-order valence-electron chi connectivity index (χ3n) is 2.48. The van der Waals surface area contributed by atoms with E-state index in [4.69, 9.17) is 10.5 Å². The second-order valence-corrected chi connectivity index (χ2v) is 4.49. The van der Waals surface area contributed by atoms with Crippen LogP contribution in [0, 0.1) is 6.92 Å². The Balaban J connectivity index is 2.74. The Labute approximate surface area is 98.2 Å². The number of hydrogen-bond donors (Lipinski definition) is 1. The second kappa shape index (κ2) is 5.87. The Morgan fingerprint density at radius 1 is 1.44 bits per heavy atom. The molecular formula is C13H22N2O. The van der Waals surface area contributed by atoms with E-state index in [0.717, 1.165) is 18.8 Å². The lowest BCUT2D eigenvalue weighted by Gasteiger charge is -2.20. The molecule has 0 radical (unpaired) electrons. The smallest absolute Gasteiger partial charge is 0.123 e. The average Bonchev–Trinajstić information content (AvgIpc) is 2.16. The Bertz CT molecular complexity index is 337. The van der Waals surface area contributed by atoms with Gasteiger partial charge in [-0.25, -0.2) is 0 Å². The minimum Gasteiger partial charge on any atom is -0.496 e. The normalized spacial score (nSPS) is 12.9. The van der Waals surface area contributed by atoms with E-state index in [1.165, 1.54) is 11.1 Å². The highest BCUT2D eigenvalue weighted by atomic mass is 16.5. The molecule has 1 unspecified atom stereocenters. The number of nitrogens with zero attached hydrogens (tertiary/aromatic N) is 1. The summed E-state index contributed by atoms with van der Waals surface area (Å²) >= 11 is 0. The van der Waals surface area contributed by atoms with Gasteiger partial charge in [-0.3, -0.25) is 0 Å². The summed E-state index contributed by atoms with van der Waals surface area (Å²) in [6.45, 7) is 5.86. The van der Waals surface area contributed by atoms with Crippen molar-refractivity contribution in [3.05, 3.63) is 29.3 Å². The molecule has 3 heteroatoms. The standard InChI is InChI=1S/C13H22N2O/c1-10-5-6-13(16-4)12(7-10)9-15(3)8-11(2)14/h5-7,11H,8-9,14H2,1-4H3. The van der Waals surface area contributed by atoms with Gasteiger partial charge in [0.2, 0.25) is 0 Å². The van der Waals surface area contributed by atoms with Crippen LogP contribution >= 0.6 is 0 Å². The lowest BCUT2D eigenvalue weighted by Crippen LogP contribution is -2.32. The third-order valence-corrected chi connectivity index (χ3v) is 2.48. The van der Waals surface area contributed by atoms with Gasteiger partial charge in [0.1, 0.15) is 5.75 Å². The quantitative estimate of drug-likeness (QED) is 0.825. The molecule has 0 amide bonds. The van der Waals surface area contributed by atoms with Crippen molar-refractivity contribution >= 4 is 0 Å². The number of likely N-dealkylation sites (N-methyl/N-ethyl adjacent to an activating group) is 1. The molecule has 0 fully saturated rings. The van der Waals surface area contributed by atoms with Crippen molar-refractivity contribution in [2.45, 2.75) is 26.4 Å². The fourth-order valence-electron chi connectivity index (χ4n) is 1.88. The summed E-state index contributed by atoms with van der Waals surface area (Å²) in [7, 11) is 3.78. The molecule has 0 aromatic heterocycles. The molecule has 1 aromatic rings. The lowest BCUT2D eigenvalue weighted by atomic mass is 10.1. The Morgan fingerprint density at radius 3 is 2.69 bits per heavy atom. The van der Waals surface area contributed by atoms with Crippen LogP contribution in [0.5, 0.6) is 5.75 Å². The zero-order valence-electron chi connectivity index (χ0n) is 10.7. The van der Waals surface area contributed by atoms with Crippen LogP contribution in [-0.2, 0) is 6.54 Å². The van der Waals surface area contributed by atoms with Gasteiger partial charge in [0.05, 0.1) is 7.11 Å². The number of methoxy groups -OCH3 is 1. The first kappa shape index (κ1) is 13.0. The fourth-order valence-corrected chi connectivity index (χ4v) is 1.88. The second-order valence-electron chi connectivity index (χ2n) is 4.49. The molecule has 0 bridgehead atoms. The van der Waals surface area contributed by atoms with Gasteiger partial charge in [-0.05, 0) is 27.0 Å². The molecule has 0 saturated heterocycles. The van der Waals surface area contributed by atoms with Crippen LogP contribution in [0.4, 0.5) is 0 Å². The largest absolute Gasteiger partial charge is 0.496 e. The molecule has 0 aliphatic heterocycles. The van der Waals surface area contributed by atoms with Gasteiger partial charge in [0, 0.05) is 24.7 Å². The number of ether oxygens (including phenoxy) is 1. The van der Waals surface area contributed by atoms with Gasteiger partial charge in [0.15, 0.2) is 0 Å². The van der Waals surface area contributed by atoms with Crippen molar-refractivity contribution in [2.24, 2.45) is 5.73 Å². The Hall–Kier alpha value is -1.06. The Morgan fingerprint density at radius 2 is 2.12 bits per heavy atom. The van der Waals surface area contributed by atoms with Crippen molar-refractivity contribution in [3.63, 3.8) is 0 Å². The summed E-state index contributed by atoms with van der Waals surface area (Å²) in [5.74, 6) is 0.946. The number of hydrogen-bond acceptors (Lipinski definition) is 3. The van der Waals surface area contributed by atoms with Crippen LogP contribution < -0.4 is 10.5 Å². The maximum atomic E-state index is 5.77. The molecule has 16 heavy (non-hydrogen) atoms. The first-order valence-electron chi connectivity index (χ1n) is 5.60. The topological polar surface area (TPSA) is 38.5 Å². The van der Waals surface area contributed by atoms with Gasteiger partial charge in [-0.15, -0.1) is 0 Å². The van der Waals surface area contributed by atoms with Crippen molar-refractivity contribution in [2.75, 3.05) is 20.7 Å². The average molecular weight is 222 g/mol. The molecule has 3 nitrogen and oxygen atoms in total. The van der Waals surface area contributed by atoms with Crippen molar-refractivity contribution < 1.29 is 4.74 Å². The number of benzene rings is 1. The zero-order chi connectivity index (χ0) is 12.1. The molecule has 1 atom stereocenters. The predicted molar refractivity (Wildman–Crippen MR) is 67.7 cm³/mol. The first-order chi connectivity index (χ1) is 7.52. The third kappa shape index (κ3) is 3.83. The minimum absolute atomic E-state index is 0.195. The fraction of sp³-hybridized carbons (Fsp3) is 0.538. The van der Waals surface area contributed by atoms with Gasteiger partial charge in [-0.1, -0.05) is 17.7 Å². The van der Waals surface area contributed by atoms with Gasteiger partial charge < -0.3 is 15.4 Å². The molecule has 1 rings (SSSR count). The van der Waals surface area contributed by atoms with E-state index in [9.17, 15) is 0 Å². The number of aryl methyl sites for hydroxylation is 1. The molecular weight excluding hydrogens is 200 g/mol. The van der Waals surface area contributed by atoms with Crippen LogP contribution in [0.25, 0.3) is 0 Å². The summed E-state index contributed by atoms with van der Waals surface area (Å²) in [5.41, 5.74) is 8.24. The summed E-state index contributed by atoms with van der Waals surface area (Å²) < 4.78 is 5.35. The van der Waals surface area contributed by atoms with Gasteiger partial charge in [-0.2, -0.15) is 0 Å². The molecule has 90 valence electrons. The summed E-state index contributed by atoms with van der Waals surface area (Å²) in [6.07, 6.45) is 0. The maximum absolute atomic E-state index is 5.77. The van der Waals surface area contributed by atoms with Gasteiger partial charge in [0.25, 0.3) is 0 Å². The van der Waals surface area contributed by atoms with Gasteiger partial charge >= 0.3 is 0 Å². The van der Waals surface area contributed by atoms with E-state index in [1.54, 1.807) is 7.11 Å². The molecule has 0 spiro atoms. The molecule has 0 aliphatic carbocycles. The lowest BCUT2D eigenvalue weighted by molar-refractivity contribution is 0.302. The Kier molecular flexibility index (Phi) is 4.77. The highest BCUT2D eigenvalue weighted by Crippen LogP contribution is 2.20. The molecule has 2 N–H and O–H groups in total.